The van der Waals surface area contributed by atoms with E-state index in [1.807, 2.05) is 36.4 Å². The van der Waals surface area contributed by atoms with Crippen LogP contribution in [0.3, 0.4) is 0 Å². The summed E-state index contributed by atoms with van der Waals surface area (Å²) >= 11 is 0. The van der Waals surface area contributed by atoms with E-state index in [2.05, 4.69) is 15.6 Å². The maximum absolute atomic E-state index is 12.6. The summed E-state index contributed by atoms with van der Waals surface area (Å²) in [5.74, 6) is 1.33. The SMILES string of the molecule is COc1cc(C(=O)Nc2ccc(Nc3ccccc3)cn2)cc(OC)c1OC. The molecule has 7 nitrogen and oxygen atoms in total. The molecule has 28 heavy (non-hydrogen) atoms. The van der Waals surface area contributed by atoms with Crippen molar-refractivity contribution in [1.29, 1.82) is 0 Å². The van der Waals surface area contributed by atoms with Crippen LogP contribution < -0.4 is 24.8 Å². The molecule has 0 saturated heterocycles. The lowest BCUT2D eigenvalue weighted by Crippen LogP contribution is -2.13. The summed E-state index contributed by atoms with van der Waals surface area (Å²) in [5.41, 5.74) is 2.14. The number of nitrogens with one attached hydrogen (secondary N) is 2. The summed E-state index contributed by atoms with van der Waals surface area (Å²) in [5, 5.41) is 6.00. The fraction of sp³-hybridized carbons (Fsp3) is 0.143. The summed E-state index contributed by atoms with van der Waals surface area (Å²) in [6, 6.07) is 16.5. The zero-order valence-electron chi connectivity index (χ0n) is 15.9. The van der Waals surface area contributed by atoms with E-state index in [4.69, 9.17) is 14.2 Å². The molecule has 0 fully saturated rings. The highest BCUT2D eigenvalue weighted by molar-refractivity contribution is 6.04. The normalized spacial score (nSPS) is 10.1. The van der Waals surface area contributed by atoms with Crippen molar-refractivity contribution in [1.82, 2.24) is 4.98 Å². The minimum absolute atomic E-state index is 0.337. The van der Waals surface area contributed by atoms with Crippen LogP contribution in [0.5, 0.6) is 17.2 Å². The Labute approximate surface area is 163 Å². The minimum Gasteiger partial charge on any atom is -0.493 e. The predicted molar refractivity (Wildman–Crippen MR) is 108 cm³/mol. The highest BCUT2D eigenvalue weighted by Gasteiger charge is 2.17. The van der Waals surface area contributed by atoms with Gasteiger partial charge in [0.1, 0.15) is 5.82 Å². The van der Waals surface area contributed by atoms with Crippen LogP contribution in [-0.2, 0) is 0 Å². The maximum atomic E-state index is 12.6. The first-order chi connectivity index (χ1) is 13.6. The molecule has 2 N–H and O–H groups in total. The van der Waals surface area contributed by atoms with Gasteiger partial charge in [-0.15, -0.1) is 0 Å². The van der Waals surface area contributed by atoms with Gasteiger partial charge in [0.25, 0.3) is 5.91 Å². The van der Waals surface area contributed by atoms with Crippen molar-refractivity contribution in [2.75, 3.05) is 32.0 Å². The van der Waals surface area contributed by atoms with Crippen molar-refractivity contribution in [2.45, 2.75) is 0 Å². The average molecular weight is 379 g/mol. The molecule has 3 rings (SSSR count). The Hall–Kier alpha value is -3.74. The molecule has 2 aromatic carbocycles. The van der Waals surface area contributed by atoms with E-state index in [-0.39, 0.29) is 5.91 Å². The molecule has 0 radical (unpaired) electrons. The quantitative estimate of drug-likeness (QED) is 0.643. The molecule has 0 spiro atoms. The van der Waals surface area contributed by atoms with Crippen molar-refractivity contribution < 1.29 is 19.0 Å². The number of benzene rings is 2. The lowest BCUT2D eigenvalue weighted by Gasteiger charge is -2.14. The Bertz CT molecular complexity index is 919. The van der Waals surface area contributed by atoms with Crippen LogP contribution in [0, 0.1) is 0 Å². The largest absolute Gasteiger partial charge is 0.493 e. The Morgan fingerprint density at radius 2 is 1.54 bits per heavy atom. The molecule has 3 aromatic rings. The van der Waals surface area contributed by atoms with Gasteiger partial charge in [0, 0.05) is 11.3 Å². The number of ether oxygens (including phenoxy) is 3. The molecule has 1 heterocycles. The molecular formula is C21H21N3O4. The summed E-state index contributed by atoms with van der Waals surface area (Å²) in [7, 11) is 4.51. The maximum Gasteiger partial charge on any atom is 0.257 e. The predicted octanol–water partition coefficient (Wildman–Crippen LogP) is 4.10. The summed E-state index contributed by atoms with van der Waals surface area (Å²) in [6.07, 6.45) is 1.65. The third kappa shape index (κ3) is 4.32. The van der Waals surface area contributed by atoms with E-state index in [0.717, 1.165) is 11.4 Å². The lowest BCUT2D eigenvalue weighted by atomic mass is 10.1. The number of aromatic nitrogens is 1. The van der Waals surface area contributed by atoms with Gasteiger partial charge in [0.2, 0.25) is 5.75 Å². The van der Waals surface area contributed by atoms with Crippen LogP contribution in [0.25, 0.3) is 0 Å². The van der Waals surface area contributed by atoms with Crippen molar-refractivity contribution in [3.63, 3.8) is 0 Å². The monoisotopic (exact) mass is 379 g/mol. The number of pyridine rings is 1. The second-order valence-electron chi connectivity index (χ2n) is 5.79. The van der Waals surface area contributed by atoms with Crippen LogP contribution in [0.1, 0.15) is 10.4 Å². The molecule has 0 aliphatic carbocycles. The van der Waals surface area contributed by atoms with Crippen LogP contribution >= 0.6 is 0 Å². The molecule has 7 heteroatoms. The molecule has 1 amide bonds. The number of anilines is 3. The average Bonchev–Trinajstić information content (AvgIpc) is 2.74. The Morgan fingerprint density at radius 1 is 0.857 bits per heavy atom. The van der Waals surface area contributed by atoms with Crippen LogP contribution in [-0.4, -0.2) is 32.2 Å². The van der Waals surface area contributed by atoms with E-state index < -0.39 is 0 Å². The number of nitrogens with zero attached hydrogens (tertiary/aromatic N) is 1. The van der Waals surface area contributed by atoms with Gasteiger partial charge >= 0.3 is 0 Å². The van der Waals surface area contributed by atoms with E-state index in [9.17, 15) is 4.79 Å². The van der Waals surface area contributed by atoms with Gasteiger partial charge in [-0.2, -0.15) is 0 Å². The number of amides is 1. The fourth-order valence-corrected chi connectivity index (χ4v) is 2.63. The van der Waals surface area contributed by atoms with Crippen molar-refractivity contribution in [3.8, 4) is 17.2 Å². The first-order valence-corrected chi connectivity index (χ1v) is 8.54. The Kier molecular flexibility index (Phi) is 5.96. The van der Waals surface area contributed by atoms with Gasteiger partial charge in [-0.05, 0) is 36.4 Å². The second-order valence-corrected chi connectivity index (χ2v) is 5.79. The first-order valence-electron chi connectivity index (χ1n) is 8.54. The molecule has 0 aliphatic rings. The van der Waals surface area contributed by atoms with E-state index in [0.29, 0.717) is 28.6 Å². The van der Waals surface area contributed by atoms with Crippen LogP contribution in [0.2, 0.25) is 0 Å². The van der Waals surface area contributed by atoms with E-state index >= 15 is 0 Å². The fourth-order valence-electron chi connectivity index (χ4n) is 2.63. The number of carbonyl (C=O) groups excluding carboxylic acids is 1. The standard InChI is InChI=1S/C21H21N3O4/c1-26-17-11-14(12-18(27-2)20(17)28-3)21(25)24-19-10-9-16(13-22-19)23-15-7-5-4-6-8-15/h4-13,23H,1-3H3,(H,22,24,25). The lowest BCUT2D eigenvalue weighted by molar-refractivity contribution is 0.102. The molecular weight excluding hydrogens is 358 g/mol. The molecule has 0 atom stereocenters. The van der Waals surface area contributed by atoms with Gasteiger partial charge in [0.05, 0.1) is 33.2 Å². The van der Waals surface area contributed by atoms with Crippen LogP contribution in [0.4, 0.5) is 17.2 Å². The molecule has 0 unspecified atom stereocenters. The van der Waals surface area contributed by atoms with E-state index in [1.165, 1.54) is 21.3 Å². The topological polar surface area (TPSA) is 81.7 Å². The number of hydrogen-bond donors (Lipinski definition) is 2. The Morgan fingerprint density at radius 3 is 2.07 bits per heavy atom. The van der Waals surface area contributed by atoms with Crippen molar-refractivity contribution >= 4 is 23.1 Å². The van der Waals surface area contributed by atoms with Gasteiger partial charge < -0.3 is 24.8 Å². The highest BCUT2D eigenvalue weighted by Crippen LogP contribution is 2.38. The number of rotatable bonds is 7. The third-order valence-corrected chi connectivity index (χ3v) is 3.99. The smallest absolute Gasteiger partial charge is 0.257 e. The van der Waals surface area contributed by atoms with Crippen molar-refractivity contribution in [3.05, 3.63) is 66.4 Å². The zero-order valence-corrected chi connectivity index (χ0v) is 15.9. The summed E-state index contributed by atoms with van der Waals surface area (Å²) in [6.45, 7) is 0. The number of methoxy groups -OCH3 is 3. The van der Waals surface area contributed by atoms with E-state index in [1.54, 1.807) is 24.4 Å². The van der Waals surface area contributed by atoms with Gasteiger partial charge in [-0.25, -0.2) is 4.98 Å². The Balaban J connectivity index is 1.74. The number of carbonyl (C=O) groups is 1. The molecule has 0 aliphatic heterocycles. The van der Waals surface area contributed by atoms with Gasteiger partial charge in [0.15, 0.2) is 11.5 Å². The molecule has 144 valence electrons. The van der Waals surface area contributed by atoms with Crippen molar-refractivity contribution in [2.24, 2.45) is 0 Å². The highest BCUT2D eigenvalue weighted by atomic mass is 16.5. The molecule has 0 saturated carbocycles. The minimum atomic E-state index is -0.337. The first kappa shape index (κ1) is 19.0. The molecule has 0 bridgehead atoms. The van der Waals surface area contributed by atoms with Crippen LogP contribution in [0.15, 0.2) is 60.8 Å². The zero-order chi connectivity index (χ0) is 19.9. The number of para-hydroxylation sites is 1. The summed E-state index contributed by atoms with van der Waals surface area (Å²) < 4.78 is 15.8. The number of hydrogen-bond acceptors (Lipinski definition) is 6. The second kappa shape index (κ2) is 8.77. The molecule has 1 aromatic heterocycles. The van der Waals surface area contributed by atoms with Gasteiger partial charge in [-0.3, -0.25) is 4.79 Å². The third-order valence-electron chi connectivity index (χ3n) is 3.99. The van der Waals surface area contributed by atoms with Gasteiger partial charge in [-0.1, -0.05) is 18.2 Å². The summed E-state index contributed by atoms with van der Waals surface area (Å²) in [4.78, 5) is 16.9.